The summed E-state index contributed by atoms with van der Waals surface area (Å²) in [4.78, 5) is 24.3. The number of carbonyl (C=O) groups is 1. The number of carbonyl (C=O) groups excluding carboxylic acids is 1. The highest BCUT2D eigenvalue weighted by molar-refractivity contribution is 5.83. The highest BCUT2D eigenvalue weighted by Crippen LogP contribution is 2.19. The van der Waals surface area contributed by atoms with Gasteiger partial charge in [-0.3, -0.25) is 4.79 Å². The predicted molar refractivity (Wildman–Crippen MR) is 84.8 cm³/mol. The van der Waals surface area contributed by atoms with Crippen molar-refractivity contribution in [3.05, 3.63) is 53.5 Å². The molecule has 3 aromatic heterocycles. The van der Waals surface area contributed by atoms with Gasteiger partial charge in [-0.2, -0.15) is 0 Å². The van der Waals surface area contributed by atoms with Gasteiger partial charge in [-0.05, 0) is 18.6 Å². The molecule has 0 saturated carbocycles. The summed E-state index contributed by atoms with van der Waals surface area (Å²) < 4.78 is 2.00. The molecular formula is C16H18N6O. The Morgan fingerprint density at radius 3 is 3.30 bits per heavy atom. The maximum atomic E-state index is 12.5. The molecule has 3 aromatic rings. The Balaban J connectivity index is 1.51. The van der Waals surface area contributed by atoms with Crippen LogP contribution in [0.3, 0.4) is 0 Å². The van der Waals surface area contributed by atoms with Crippen LogP contribution in [0.25, 0.3) is 5.65 Å². The first-order valence-electron chi connectivity index (χ1n) is 7.69. The summed E-state index contributed by atoms with van der Waals surface area (Å²) in [7, 11) is 0. The number of hydrogen-bond acceptors (Lipinski definition) is 4. The van der Waals surface area contributed by atoms with E-state index >= 15 is 0 Å². The molecule has 0 aromatic carbocycles. The maximum Gasteiger partial charge on any atom is 0.243 e. The lowest BCUT2D eigenvalue weighted by atomic mass is 10.1. The van der Waals surface area contributed by atoms with Crippen molar-refractivity contribution in [1.29, 1.82) is 0 Å². The van der Waals surface area contributed by atoms with Crippen molar-refractivity contribution in [2.75, 3.05) is 6.54 Å². The number of nitrogens with zero attached hydrogens (tertiary/aromatic N) is 3. The standard InChI is InChI=1S/C16H18N6O/c1-10-3-2-6-22-11(7-18-15(10)22)8-19-16(23)14-13-12(4-5-17-14)20-9-21-13/h2-3,6-7,9,14,17H,4-5,8H2,1H3,(H,19,23)(H,20,21)/t14-/m1/s1. The largest absolute Gasteiger partial charge is 0.349 e. The molecule has 4 heterocycles. The molecule has 7 nitrogen and oxygen atoms in total. The van der Waals surface area contributed by atoms with E-state index in [9.17, 15) is 4.79 Å². The van der Waals surface area contributed by atoms with Crippen molar-refractivity contribution in [2.24, 2.45) is 0 Å². The van der Waals surface area contributed by atoms with Gasteiger partial charge in [0.2, 0.25) is 5.91 Å². The summed E-state index contributed by atoms with van der Waals surface area (Å²) in [6.45, 7) is 3.22. The molecule has 0 fully saturated rings. The average molecular weight is 310 g/mol. The molecule has 4 rings (SSSR count). The summed E-state index contributed by atoms with van der Waals surface area (Å²) in [5.41, 5.74) is 4.81. The molecule has 1 atom stereocenters. The summed E-state index contributed by atoms with van der Waals surface area (Å²) in [6, 6.07) is 3.61. The first kappa shape index (κ1) is 14.0. The van der Waals surface area contributed by atoms with Gasteiger partial charge in [-0.15, -0.1) is 0 Å². The van der Waals surface area contributed by atoms with Gasteiger partial charge in [-0.1, -0.05) is 6.07 Å². The zero-order valence-electron chi connectivity index (χ0n) is 12.8. The molecule has 1 amide bonds. The highest BCUT2D eigenvalue weighted by atomic mass is 16.2. The Kier molecular flexibility index (Phi) is 3.34. The van der Waals surface area contributed by atoms with Gasteiger partial charge in [0, 0.05) is 24.9 Å². The lowest BCUT2D eigenvalue weighted by Crippen LogP contribution is -2.41. The Labute approximate surface area is 133 Å². The molecule has 3 N–H and O–H groups in total. The fraction of sp³-hybridized carbons (Fsp3) is 0.312. The van der Waals surface area contributed by atoms with Crippen molar-refractivity contribution < 1.29 is 4.79 Å². The van der Waals surface area contributed by atoms with Crippen LogP contribution in [0.4, 0.5) is 0 Å². The lowest BCUT2D eigenvalue weighted by molar-refractivity contribution is -0.123. The molecule has 7 heteroatoms. The van der Waals surface area contributed by atoms with E-state index < -0.39 is 6.04 Å². The lowest BCUT2D eigenvalue weighted by Gasteiger charge is -2.22. The summed E-state index contributed by atoms with van der Waals surface area (Å²) in [6.07, 6.45) is 6.27. The molecule has 0 radical (unpaired) electrons. The van der Waals surface area contributed by atoms with Gasteiger partial charge in [0.25, 0.3) is 0 Å². The summed E-state index contributed by atoms with van der Waals surface area (Å²) in [5, 5.41) is 6.20. The van der Waals surface area contributed by atoms with E-state index in [1.54, 1.807) is 12.5 Å². The minimum Gasteiger partial charge on any atom is -0.349 e. The van der Waals surface area contributed by atoms with E-state index in [0.717, 1.165) is 41.3 Å². The van der Waals surface area contributed by atoms with Gasteiger partial charge < -0.3 is 20.0 Å². The van der Waals surface area contributed by atoms with Crippen molar-refractivity contribution >= 4 is 11.6 Å². The molecule has 118 valence electrons. The topological polar surface area (TPSA) is 87.1 Å². The summed E-state index contributed by atoms with van der Waals surface area (Å²) in [5.74, 6) is -0.0688. The fourth-order valence-corrected chi connectivity index (χ4v) is 3.05. The monoisotopic (exact) mass is 310 g/mol. The normalized spacial score (nSPS) is 17.2. The van der Waals surface area contributed by atoms with Crippen LogP contribution in [0.15, 0.2) is 30.9 Å². The van der Waals surface area contributed by atoms with Crippen molar-refractivity contribution in [3.8, 4) is 0 Å². The third kappa shape index (κ3) is 2.39. The zero-order chi connectivity index (χ0) is 15.8. The Hall–Kier alpha value is -2.67. The number of imidazole rings is 2. The Bertz CT molecular complexity index is 864. The van der Waals surface area contributed by atoms with Crippen LogP contribution in [0.2, 0.25) is 0 Å². The van der Waals surface area contributed by atoms with E-state index in [1.165, 1.54) is 0 Å². The molecule has 0 unspecified atom stereocenters. The zero-order valence-corrected chi connectivity index (χ0v) is 12.8. The maximum absolute atomic E-state index is 12.5. The van der Waals surface area contributed by atoms with Crippen LogP contribution in [-0.2, 0) is 17.8 Å². The van der Waals surface area contributed by atoms with Crippen molar-refractivity contribution in [2.45, 2.75) is 25.9 Å². The predicted octanol–water partition coefficient (Wildman–Crippen LogP) is 0.869. The van der Waals surface area contributed by atoms with Crippen LogP contribution < -0.4 is 10.6 Å². The van der Waals surface area contributed by atoms with Gasteiger partial charge >= 0.3 is 0 Å². The summed E-state index contributed by atoms with van der Waals surface area (Å²) >= 11 is 0. The number of hydrogen-bond donors (Lipinski definition) is 3. The second-order valence-electron chi connectivity index (χ2n) is 5.76. The van der Waals surface area contributed by atoms with Crippen molar-refractivity contribution in [1.82, 2.24) is 30.0 Å². The van der Waals surface area contributed by atoms with E-state index in [2.05, 4.69) is 25.6 Å². The minimum atomic E-state index is -0.397. The highest BCUT2D eigenvalue weighted by Gasteiger charge is 2.28. The smallest absolute Gasteiger partial charge is 0.243 e. The second kappa shape index (κ2) is 5.51. The van der Waals surface area contributed by atoms with Gasteiger partial charge in [0.15, 0.2) is 0 Å². The number of rotatable bonds is 3. The Morgan fingerprint density at radius 1 is 1.48 bits per heavy atom. The molecule has 0 spiro atoms. The molecular weight excluding hydrogens is 292 g/mol. The number of nitrogens with one attached hydrogen (secondary N) is 3. The number of amides is 1. The van der Waals surface area contributed by atoms with E-state index in [0.29, 0.717) is 6.54 Å². The van der Waals surface area contributed by atoms with Crippen LogP contribution in [0, 0.1) is 6.92 Å². The van der Waals surface area contributed by atoms with Gasteiger partial charge in [0.05, 0.1) is 30.5 Å². The van der Waals surface area contributed by atoms with E-state index in [4.69, 9.17) is 0 Å². The number of aryl methyl sites for hydroxylation is 1. The third-order valence-electron chi connectivity index (χ3n) is 4.26. The number of aromatic nitrogens is 4. The first-order chi connectivity index (χ1) is 11.2. The molecule has 1 aliphatic rings. The van der Waals surface area contributed by atoms with E-state index in [1.807, 2.05) is 29.7 Å². The van der Waals surface area contributed by atoms with Gasteiger partial charge in [0.1, 0.15) is 11.7 Å². The van der Waals surface area contributed by atoms with Crippen LogP contribution in [-0.4, -0.2) is 31.8 Å². The third-order valence-corrected chi connectivity index (χ3v) is 4.26. The van der Waals surface area contributed by atoms with Crippen molar-refractivity contribution in [3.63, 3.8) is 0 Å². The second-order valence-corrected chi connectivity index (χ2v) is 5.76. The van der Waals surface area contributed by atoms with E-state index in [-0.39, 0.29) is 5.91 Å². The molecule has 0 bridgehead atoms. The van der Waals surface area contributed by atoms with Gasteiger partial charge in [-0.25, -0.2) is 9.97 Å². The minimum absolute atomic E-state index is 0.0688. The number of H-pyrrole nitrogens is 1. The number of aromatic amines is 1. The SMILES string of the molecule is Cc1cccn2c(CNC(=O)[C@@H]3NCCc4[nH]cnc43)cnc12. The van der Waals surface area contributed by atoms with Crippen LogP contribution >= 0.6 is 0 Å². The first-order valence-corrected chi connectivity index (χ1v) is 7.69. The number of fused-ring (bicyclic) bond motifs is 2. The molecule has 0 saturated heterocycles. The molecule has 23 heavy (non-hydrogen) atoms. The molecule has 1 aliphatic heterocycles. The quantitative estimate of drug-likeness (QED) is 0.670. The molecule has 0 aliphatic carbocycles. The number of pyridine rings is 1. The Morgan fingerprint density at radius 2 is 2.39 bits per heavy atom. The van der Waals surface area contributed by atoms with Crippen LogP contribution in [0.5, 0.6) is 0 Å². The fourth-order valence-electron chi connectivity index (χ4n) is 3.05. The average Bonchev–Trinajstić information content (AvgIpc) is 3.19. The van der Waals surface area contributed by atoms with Crippen LogP contribution in [0.1, 0.15) is 28.7 Å².